The number of ether oxygens (including phenoxy) is 3. The van der Waals surface area contributed by atoms with E-state index in [4.69, 9.17) is 14.2 Å². The van der Waals surface area contributed by atoms with Gasteiger partial charge in [-0.05, 0) is 109 Å². The predicted molar refractivity (Wildman–Crippen MR) is 184 cm³/mol. The summed E-state index contributed by atoms with van der Waals surface area (Å²) in [6.07, 6.45) is 6.03. The quantitative estimate of drug-likeness (QED) is 0.206. The van der Waals surface area contributed by atoms with Crippen molar-refractivity contribution in [3.63, 3.8) is 0 Å². The maximum absolute atomic E-state index is 13.8. The molecule has 4 aliphatic heterocycles. The second-order valence-corrected chi connectivity index (χ2v) is 13.7. The van der Waals surface area contributed by atoms with Crippen LogP contribution in [0.15, 0.2) is 72.8 Å². The number of rotatable bonds is 7. The maximum Gasteiger partial charge on any atom is 0.254 e. The Balaban J connectivity index is 0.902. The van der Waals surface area contributed by atoms with Gasteiger partial charge in [0.1, 0.15) is 5.75 Å². The van der Waals surface area contributed by atoms with Gasteiger partial charge in [-0.25, -0.2) is 0 Å². The van der Waals surface area contributed by atoms with E-state index in [9.17, 15) is 9.59 Å². The molecule has 2 amide bonds. The van der Waals surface area contributed by atoms with Crippen LogP contribution in [-0.4, -0.2) is 54.0 Å². The normalized spacial score (nSPS) is 19.5. The van der Waals surface area contributed by atoms with Crippen LogP contribution in [0.1, 0.15) is 78.9 Å². The lowest BCUT2D eigenvalue weighted by Crippen LogP contribution is -2.43. The molecule has 4 aliphatic rings. The Kier molecular flexibility index (Phi) is 8.07. The van der Waals surface area contributed by atoms with Gasteiger partial charge in [0.25, 0.3) is 11.8 Å². The van der Waals surface area contributed by atoms with Crippen LogP contribution >= 0.6 is 0 Å². The van der Waals surface area contributed by atoms with Crippen molar-refractivity contribution in [2.75, 3.05) is 20.3 Å². The number of methoxy groups -OCH3 is 1. The van der Waals surface area contributed by atoms with Crippen molar-refractivity contribution < 1.29 is 23.8 Å². The molecule has 48 heavy (non-hydrogen) atoms. The highest BCUT2D eigenvalue weighted by atomic mass is 16.5. The highest BCUT2D eigenvalue weighted by Gasteiger charge is 2.36. The van der Waals surface area contributed by atoms with E-state index < -0.39 is 0 Å². The summed E-state index contributed by atoms with van der Waals surface area (Å²) in [6, 6.07) is 25.3. The van der Waals surface area contributed by atoms with E-state index in [0.717, 1.165) is 66.5 Å². The van der Waals surface area contributed by atoms with Crippen molar-refractivity contribution >= 4 is 11.8 Å². The topological polar surface area (TPSA) is 68.3 Å². The molecule has 4 heterocycles. The van der Waals surface area contributed by atoms with Gasteiger partial charge in [-0.3, -0.25) is 9.59 Å². The van der Waals surface area contributed by atoms with Crippen LogP contribution in [0.25, 0.3) is 0 Å². The molecule has 0 aliphatic carbocycles. The molecule has 8 rings (SSSR count). The van der Waals surface area contributed by atoms with Crippen molar-refractivity contribution in [3.8, 4) is 17.2 Å². The molecule has 0 N–H and O–H groups in total. The van der Waals surface area contributed by atoms with E-state index in [2.05, 4.69) is 53.4 Å². The zero-order valence-electron chi connectivity index (χ0n) is 27.8. The average Bonchev–Trinajstić information content (AvgIpc) is 3.32. The number of fused-ring (bicyclic) bond motifs is 6. The fraction of sp³-hybridized carbons (Fsp3) is 0.366. The van der Waals surface area contributed by atoms with E-state index in [0.29, 0.717) is 49.8 Å². The lowest BCUT2D eigenvalue weighted by atomic mass is 9.92. The standard InChI is InChI=1S/C41H42N2O5/c1-26-18-35-29(12-14-33-19-27-8-3-5-10-31(27)24-42(33)40(35)44)21-37(26)47-16-7-17-48-39-22-30-13-15-34-20-28-9-4-6-11-32(28)25-43(34)41(45)36(30)23-38(39)46-2/h3-6,8-11,18,21-23,33-34H,7,12-17,19-20,24-25H2,1-2H3/t33-,34-/m1/s1. The summed E-state index contributed by atoms with van der Waals surface area (Å²) in [5.41, 5.74) is 9.76. The zero-order chi connectivity index (χ0) is 32.8. The first-order valence-corrected chi connectivity index (χ1v) is 17.3. The van der Waals surface area contributed by atoms with Gasteiger partial charge < -0.3 is 24.0 Å². The Hall–Kier alpha value is -4.78. The van der Waals surface area contributed by atoms with Gasteiger partial charge in [-0.1, -0.05) is 48.5 Å². The second kappa shape index (κ2) is 12.7. The largest absolute Gasteiger partial charge is 0.493 e. The minimum Gasteiger partial charge on any atom is -0.493 e. The van der Waals surface area contributed by atoms with Crippen LogP contribution in [0.5, 0.6) is 17.2 Å². The summed E-state index contributed by atoms with van der Waals surface area (Å²) < 4.78 is 18.2. The summed E-state index contributed by atoms with van der Waals surface area (Å²) in [4.78, 5) is 31.6. The smallest absolute Gasteiger partial charge is 0.254 e. The van der Waals surface area contributed by atoms with Gasteiger partial charge in [0.05, 0.1) is 20.3 Å². The number of carbonyl (C=O) groups excluding carboxylic acids is 2. The summed E-state index contributed by atoms with van der Waals surface area (Å²) in [6.45, 7) is 4.27. The first kappa shape index (κ1) is 30.5. The molecule has 0 aromatic heterocycles. The maximum atomic E-state index is 13.8. The number of hydrogen-bond donors (Lipinski definition) is 0. The van der Waals surface area contributed by atoms with Gasteiger partial charge in [0, 0.05) is 42.7 Å². The third kappa shape index (κ3) is 5.59. The lowest BCUT2D eigenvalue weighted by molar-refractivity contribution is 0.0635. The van der Waals surface area contributed by atoms with Crippen LogP contribution in [0.4, 0.5) is 0 Å². The van der Waals surface area contributed by atoms with E-state index >= 15 is 0 Å². The molecule has 0 fully saturated rings. The molecule has 0 saturated carbocycles. The van der Waals surface area contributed by atoms with Crippen molar-refractivity contribution in [1.82, 2.24) is 9.80 Å². The Morgan fingerprint density at radius 2 is 1.12 bits per heavy atom. The minimum atomic E-state index is 0.0686. The van der Waals surface area contributed by atoms with Gasteiger partial charge in [-0.15, -0.1) is 0 Å². The fourth-order valence-electron chi connectivity index (χ4n) is 8.11. The highest BCUT2D eigenvalue weighted by molar-refractivity contribution is 5.98. The van der Waals surface area contributed by atoms with Crippen LogP contribution in [0, 0.1) is 6.92 Å². The van der Waals surface area contributed by atoms with Crippen molar-refractivity contribution in [1.29, 1.82) is 0 Å². The van der Waals surface area contributed by atoms with Gasteiger partial charge in [0.15, 0.2) is 11.5 Å². The molecular weight excluding hydrogens is 600 g/mol. The van der Waals surface area contributed by atoms with E-state index in [-0.39, 0.29) is 23.9 Å². The van der Waals surface area contributed by atoms with Crippen molar-refractivity contribution in [3.05, 3.63) is 123 Å². The van der Waals surface area contributed by atoms with Crippen LogP contribution in [0.2, 0.25) is 0 Å². The molecule has 0 radical (unpaired) electrons. The predicted octanol–water partition coefficient (Wildman–Crippen LogP) is 6.88. The van der Waals surface area contributed by atoms with Crippen molar-refractivity contribution in [2.45, 2.75) is 77.0 Å². The Bertz CT molecular complexity index is 1900. The van der Waals surface area contributed by atoms with Crippen LogP contribution in [-0.2, 0) is 38.8 Å². The number of nitrogens with zero attached hydrogens (tertiary/aromatic N) is 2. The first-order valence-electron chi connectivity index (χ1n) is 17.3. The monoisotopic (exact) mass is 642 g/mol. The number of carbonyl (C=O) groups is 2. The molecule has 0 spiro atoms. The summed E-state index contributed by atoms with van der Waals surface area (Å²) in [5, 5.41) is 0. The second-order valence-electron chi connectivity index (χ2n) is 13.7. The molecule has 0 unspecified atom stereocenters. The molecule has 7 heteroatoms. The van der Waals surface area contributed by atoms with E-state index in [1.807, 2.05) is 36.1 Å². The Labute approximate surface area is 282 Å². The third-order valence-corrected chi connectivity index (χ3v) is 10.8. The molecule has 4 aromatic rings. The summed E-state index contributed by atoms with van der Waals surface area (Å²) in [5.74, 6) is 2.25. The van der Waals surface area contributed by atoms with E-state index in [1.54, 1.807) is 7.11 Å². The van der Waals surface area contributed by atoms with Gasteiger partial charge in [-0.2, -0.15) is 0 Å². The number of benzene rings is 4. The van der Waals surface area contributed by atoms with Crippen molar-refractivity contribution in [2.24, 2.45) is 0 Å². The molecular formula is C41H42N2O5. The molecule has 246 valence electrons. The molecule has 0 saturated heterocycles. The van der Waals surface area contributed by atoms with Gasteiger partial charge in [0.2, 0.25) is 0 Å². The number of hydrogen-bond acceptors (Lipinski definition) is 5. The van der Waals surface area contributed by atoms with Gasteiger partial charge >= 0.3 is 0 Å². The van der Waals surface area contributed by atoms with Crippen LogP contribution in [0.3, 0.4) is 0 Å². The highest BCUT2D eigenvalue weighted by Crippen LogP contribution is 2.38. The summed E-state index contributed by atoms with van der Waals surface area (Å²) >= 11 is 0. The van der Waals surface area contributed by atoms with E-state index in [1.165, 1.54) is 22.3 Å². The first-order chi connectivity index (χ1) is 23.5. The number of aryl methyl sites for hydroxylation is 3. The fourth-order valence-corrected chi connectivity index (χ4v) is 8.11. The Morgan fingerprint density at radius 1 is 0.625 bits per heavy atom. The lowest BCUT2D eigenvalue weighted by Gasteiger charge is -2.36. The number of amides is 2. The zero-order valence-corrected chi connectivity index (χ0v) is 27.8. The molecule has 2 atom stereocenters. The molecule has 0 bridgehead atoms. The average molecular weight is 643 g/mol. The SMILES string of the molecule is COc1cc2c(cc1OCCCOc1cc3c(cc1C)C(=O)N1Cc4ccccc4C[C@H]1CC3)CC[C@@H]1Cc3ccccc3CN1C2=O. The third-order valence-electron chi connectivity index (χ3n) is 10.8. The Morgan fingerprint density at radius 3 is 1.69 bits per heavy atom. The minimum absolute atomic E-state index is 0.0686. The summed E-state index contributed by atoms with van der Waals surface area (Å²) in [7, 11) is 1.62. The van der Waals surface area contributed by atoms with Crippen LogP contribution < -0.4 is 14.2 Å². The molecule has 7 nitrogen and oxygen atoms in total. The molecule has 4 aromatic carbocycles.